The van der Waals surface area contributed by atoms with Gasteiger partial charge in [-0.05, 0) is 54.6 Å². The summed E-state index contributed by atoms with van der Waals surface area (Å²) in [5.74, 6) is 0.711. The summed E-state index contributed by atoms with van der Waals surface area (Å²) in [6.07, 6.45) is 2.76. The molecule has 0 atom stereocenters. The average Bonchev–Trinajstić information content (AvgIpc) is 3.10. The zero-order valence-electron chi connectivity index (χ0n) is 13.9. The van der Waals surface area contributed by atoms with E-state index in [1.165, 1.54) is 10.4 Å². The number of hydrogen-bond donors (Lipinski definition) is 1. The number of hydrogen-bond acceptors (Lipinski definition) is 5. The van der Waals surface area contributed by atoms with Gasteiger partial charge in [-0.1, -0.05) is 6.07 Å². The molecule has 1 aliphatic heterocycles. The van der Waals surface area contributed by atoms with Crippen LogP contribution in [-0.2, 0) is 13.0 Å². The van der Waals surface area contributed by atoms with Gasteiger partial charge in [0, 0.05) is 23.7 Å². The van der Waals surface area contributed by atoms with Gasteiger partial charge in [0.05, 0.1) is 11.9 Å². The number of thiophene rings is 1. The van der Waals surface area contributed by atoms with Gasteiger partial charge in [-0.2, -0.15) is 0 Å². The van der Waals surface area contributed by atoms with Gasteiger partial charge in [-0.25, -0.2) is 9.97 Å². The minimum absolute atomic E-state index is 0.223. The molecule has 126 valence electrons. The number of anilines is 2. The smallest absolute Gasteiger partial charge is 0.274 e. The minimum atomic E-state index is -0.223. The van der Waals surface area contributed by atoms with Crippen molar-refractivity contribution < 1.29 is 4.79 Å². The minimum Gasteiger partial charge on any atom is -0.352 e. The van der Waals surface area contributed by atoms with Crippen molar-refractivity contribution in [3.63, 3.8) is 0 Å². The van der Waals surface area contributed by atoms with Crippen molar-refractivity contribution >= 4 is 28.7 Å². The lowest BCUT2D eigenvalue weighted by molar-refractivity contribution is 0.102. The fourth-order valence-electron chi connectivity index (χ4n) is 2.96. The van der Waals surface area contributed by atoms with Crippen molar-refractivity contribution in [1.29, 1.82) is 0 Å². The maximum Gasteiger partial charge on any atom is 0.274 e. The summed E-state index contributed by atoms with van der Waals surface area (Å²) < 4.78 is 0. The maximum atomic E-state index is 12.2. The van der Waals surface area contributed by atoms with Crippen molar-refractivity contribution in [2.45, 2.75) is 19.9 Å². The molecule has 0 unspecified atom stereocenters. The molecular weight excluding hydrogens is 332 g/mol. The van der Waals surface area contributed by atoms with Crippen LogP contribution in [-0.4, -0.2) is 22.4 Å². The first kappa shape index (κ1) is 15.8. The Morgan fingerprint density at radius 2 is 2.16 bits per heavy atom. The number of nitrogens with one attached hydrogen (secondary N) is 1. The van der Waals surface area contributed by atoms with Crippen LogP contribution in [0.2, 0.25) is 0 Å². The topological polar surface area (TPSA) is 58.1 Å². The molecule has 0 radical (unpaired) electrons. The van der Waals surface area contributed by atoms with Gasteiger partial charge >= 0.3 is 0 Å². The van der Waals surface area contributed by atoms with Gasteiger partial charge in [0.15, 0.2) is 0 Å². The van der Waals surface area contributed by atoms with E-state index in [0.717, 1.165) is 31.0 Å². The fourth-order valence-corrected chi connectivity index (χ4v) is 3.85. The van der Waals surface area contributed by atoms with Crippen LogP contribution in [0.3, 0.4) is 0 Å². The number of pyridine rings is 2. The van der Waals surface area contributed by atoms with Crippen LogP contribution in [0.25, 0.3) is 0 Å². The first-order chi connectivity index (χ1) is 12.2. The Labute approximate surface area is 150 Å². The van der Waals surface area contributed by atoms with Crippen molar-refractivity contribution in [1.82, 2.24) is 9.97 Å². The summed E-state index contributed by atoms with van der Waals surface area (Å²) in [6.45, 7) is 3.73. The molecule has 3 aromatic heterocycles. The standard InChI is InChI=1S/C19H18N4OS/c1-13-3-2-4-16(21-13)19(24)22-15-5-6-18(20-11-15)23-9-7-17-14(12-23)8-10-25-17/h2-6,8,10-11H,7,9,12H2,1H3,(H,22,24). The number of carbonyl (C=O) groups is 1. The summed E-state index contributed by atoms with van der Waals surface area (Å²) >= 11 is 1.83. The summed E-state index contributed by atoms with van der Waals surface area (Å²) in [6, 6.07) is 11.4. The third kappa shape index (κ3) is 3.39. The Hall–Kier alpha value is -2.73. The Kier molecular flexibility index (Phi) is 4.19. The van der Waals surface area contributed by atoms with E-state index < -0.39 is 0 Å². The van der Waals surface area contributed by atoms with Crippen LogP contribution in [0.1, 0.15) is 26.6 Å². The molecular formula is C19H18N4OS. The van der Waals surface area contributed by atoms with Gasteiger partial charge in [0.2, 0.25) is 0 Å². The largest absolute Gasteiger partial charge is 0.352 e. The lowest BCUT2D eigenvalue weighted by Crippen LogP contribution is -2.30. The molecule has 5 nitrogen and oxygen atoms in total. The van der Waals surface area contributed by atoms with E-state index in [4.69, 9.17) is 0 Å². The van der Waals surface area contributed by atoms with Crippen molar-refractivity contribution in [3.05, 3.63) is 69.8 Å². The molecule has 1 amide bonds. The molecule has 0 bridgehead atoms. The summed E-state index contributed by atoms with van der Waals surface area (Å²) in [7, 11) is 0. The molecule has 25 heavy (non-hydrogen) atoms. The first-order valence-electron chi connectivity index (χ1n) is 8.20. The normalized spacial score (nSPS) is 13.4. The molecule has 1 aliphatic rings. The molecule has 0 aromatic carbocycles. The second-order valence-electron chi connectivity index (χ2n) is 6.06. The Bertz CT molecular complexity index is 904. The number of aromatic nitrogens is 2. The molecule has 4 rings (SSSR count). The molecule has 0 spiro atoms. The highest BCUT2D eigenvalue weighted by atomic mass is 32.1. The molecule has 1 N–H and O–H groups in total. The van der Waals surface area contributed by atoms with Crippen molar-refractivity contribution in [2.75, 3.05) is 16.8 Å². The molecule has 6 heteroatoms. The molecule has 4 heterocycles. The quantitative estimate of drug-likeness (QED) is 0.783. The second-order valence-corrected chi connectivity index (χ2v) is 7.06. The van der Waals surface area contributed by atoms with Crippen LogP contribution in [0.4, 0.5) is 11.5 Å². The SMILES string of the molecule is Cc1cccc(C(=O)Nc2ccc(N3CCc4sccc4C3)nc2)n1. The molecule has 0 aliphatic carbocycles. The Morgan fingerprint density at radius 1 is 1.24 bits per heavy atom. The first-order valence-corrected chi connectivity index (χ1v) is 9.08. The summed E-state index contributed by atoms with van der Waals surface area (Å²) in [5.41, 5.74) is 3.29. The van der Waals surface area contributed by atoms with Gasteiger partial charge in [0.25, 0.3) is 5.91 Å². The summed E-state index contributed by atoms with van der Waals surface area (Å²) in [4.78, 5) is 24.7. The van der Waals surface area contributed by atoms with E-state index in [1.807, 2.05) is 42.5 Å². The van der Waals surface area contributed by atoms with Crippen LogP contribution in [0.15, 0.2) is 48.0 Å². The van der Waals surface area contributed by atoms with Crippen LogP contribution < -0.4 is 10.2 Å². The third-order valence-electron chi connectivity index (χ3n) is 4.26. The number of aryl methyl sites for hydroxylation is 1. The van der Waals surface area contributed by atoms with E-state index in [1.54, 1.807) is 12.3 Å². The third-order valence-corrected chi connectivity index (χ3v) is 5.28. The van der Waals surface area contributed by atoms with Gasteiger partial charge < -0.3 is 10.2 Å². The zero-order chi connectivity index (χ0) is 17.2. The molecule has 0 saturated heterocycles. The monoisotopic (exact) mass is 350 g/mol. The number of amides is 1. The lowest BCUT2D eigenvalue weighted by atomic mass is 10.1. The van der Waals surface area contributed by atoms with Gasteiger partial charge in [-0.15, -0.1) is 11.3 Å². The fraction of sp³-hybridized carbons (Fsp3) is 0.211. The maximum absolute atomic E-state index is 12.2. The van der Waals surface area contributed by atoms with Crippen molar-refractivity contribution in [3.8, 4) is 0 Å². The zero-order valence-corrected chi connectivity index (χ0v) is 14.7. The number of nitrogens with zero attached hydrogens (tertiary/aromatic N) is 3. The highest BCUT2D eigenvalue weighted by Gasteiger charge is 2.18. The summed E-state index contributed by atoms with van der Waals surface area (Å²) in [5, 5.41) is 5.00. The van der Waals surface area contributed by atoms with Gasteiger partial charge in [-0.3, -0.25) is 4.79 Å². The number of fused-ring (bicyclic) bond motifs is 1. The highest BCUT2D eigenvalue weighted by Crippen LogP contribution is 2.27. The van der Waals surface area contributed by atoms with Crippen LogP contribution >= 0.6 is 11.3 Å². The van der Waals surface area contributed by atoms with Crippen LogP contribution in [0, 0.1) is 6.92 Å². The predicted molar refractivity (Wildman–Crippen MR) is 100 cm³/mol. The molecule has 0 saturated carbocycles. The Morgan fingerprint density at radius 3 is 2.96 bits per heavy atom. The Balaban J connectivity index is 1.45. The van der Waals surface area contributed by atoms with Gasteiger partial charge in [0.1, 0.15) is 11.5 Å². The number of carbonyl (C=O) groups excluding carboxylic acids is 1. The van der Waals surface area contributed by atoms with E-state index in [9.17, 15) is 4.79 Å². The van der Waals surface area contributed by atoms with E-state index in [0.29, 0.717) is 11.4 Å². The van der Waals surface area contributed by atoms with Crippen molar-refractivity contribution in [2.24, 2.45) is 0 Å². The molecule has 0 fully saturated rings. The van der Waals surface area contributed by atoms with Crippen LogP contribution in [0.5, 0.6) is 0 Å². The predicted octanol–water partition coefficient (Wildman–Crippen LogP) is 3.66. The number of rotatable bonds is 3. The lowest BCUT2D eigenvalue weighted by Gasteiger charge is -2.28. The van der Waals surface area contributed by atoms with E-state index in [-0.39, 0.29) is 5.91 Å². The second kappa shape index (κ2) is 6.64. The molecule has 3 aromatic rings. The highest BCUT2D eigenvalue weighted by molar-refractivity contribution is 7.10. The van der Waals surface area contributed by atoms with E-state index in [2.05, 4.69) is 31.6 Å². The van der Waals surface area contributed by atoms with E-state index >= 15 is 0 Å². The average molecular weight is 350 g/mol.